The molecule has 1 aromatic carbocycles. The first kappa shape index (κ1) is 13.4. The Morgan fingerprint density at radius 2 is 2.26 bits per heavy atom. The molecule has 0 bridgehead atoms. The van der Waals surface area contributed by atoms with Crippen molar-refractivity contribution in [3.8, 4) is 5.75 Å². The van der Waals surface area contributed by atoms with Crippen molar-refractivity contribution in [2.75, 3.05) is 17.7 Å². The number of carbonyl (C=O) groups is 2. The summed E-state index contributed by atoms with van der Waals surface area (Å²) in [5.74, 6) is 0.130. The minimum atomic E-state index is -0.540. The van der Waals surface area contributed by atoms with Crippen LogP contribution in [0.1, 0.15) is 13.8 Å². The number of ether oxygens (including phenoxy) is 2. The van der Waals surface area contributed by atoms with Crippen molar-refractivity contribution in [1.82, 2.24) is 0 Å². The van der Waals surface area contributed by atoms with E-state index in [1.54, 1.807) is 32.0 Å². The van der Waals surface area contributed by atoms with Crippen molar-refractivity contribution in [2.24, 2.45) is 0 Å². The van der Waals surface area contributed by atoms with Gasteiger partial charge in [-0.2, -0.15) is 0 Å². The maximum absolute atomic E-state index is 11.7. The molecule has 0 radical (unpaired) electrons. The number of nitrogens with one attached hydrogen (secondary N) is 2. The molecule has 102 valence electrons. The zero-order valence-electron chi connectivity index (χ0n) is 11.0. The number of methoxy groups -OCH3 is 1. The Morgan fingerprint density at radius 1 is 1.53 bits per heavy atom. The lowest BCUT2D eigenvalue weighted by atomic mass is 10.2. The highest BCUT2D eigenvalue weighted by Crippen LogP contribution is 2.32. The van der Waals surface area contributed by atoms with E-state index >= 15 is 0 Å². The minimum absolute atomic E-state index is 0.207. The zero-order valence-corrected chi connectivity index (χ0v) is 11.0. The fraction of sp³-hybridized carbons (Fsp3) is 0.385. The lowest BCUT2D eigenvalue weighted by Crippen LogP contribution is -2.34. The highest BCUT2D eigenvalue weighted by Gasteiger charge is 2.23. The van der Waals surface area contributed by atoms with E-state index in [-0.39, 0.29) is 11.8 Å². The normalized spacial score (nSPS) is 18.9. The molecule has 0 spiro atoms. The number of benzene rings is 1. The van der Waals surface area contributed by atoms with Crippen LogP contribution < -0.4 is 15.4 Å². The molecular formula is C13H16N2O4. The number of anilines is 2. The summed E-state index contributed by atoms with van der Waals surface area (Å²) in [6, 6.07) is 5.07. The summed E-state index contributed by atoms with van der Waals surface area (Å²) in [6.45, 7) is 3.33. The number of hydrogen-bond donors (Lipinski definition) is 2. The lowest BCUT2D eigenvalue weighted by molar-refractivity contribution is -0.124. The van der Waals surface area contributed by atoms with E-state index in [4.69, 9.17) is 9.47 Å². The summed E-state index contributed by atoms with van der Waals surface area (Å²) in [5, 5.41) is 5.42. The van der Waals surface area contributed by atoms with Crippen LogP contribution in [-0.4, -0.2) is 31.1 Å². The molecular weight excluding hydrogens is 248 g/mol. The van der Waals surface area contributed by atoms with Gasteiger partial charge in [0.2, 0.25) is 0 Å². The summed E-state index contributed by atoms with van der Waals surface area (Å²) in [7, 11) is 1.46. The van der Waals surface area contributed by atoms with Gasteiger partial charge >= 0.3 is 0 Å². The minimum Gasteiger partial charge on any atom is -0.479 e. The lowest BCUT2D eigenvalue weighted by Gasteiger charge is -2.23. The largest absolute Gasteiger partial charge is 0.479 e. The molecule has 0 saturated heterocycles. The second kappa shape index (κ2) is 5.27. The molecule has 2 amide bonds. The molecule has 0 fully saturated rings. The molecule has 2 N–H and O–H groups in total. The Morgan fingerprint density at radius 3 is 2.95 bits per heavy atom. The standard InChI is InChI=1S/C13H16N2O4/c1-7(18-3)12(16)14-9-4-5-11-10(6-9)15-13(17)8(2)19-11/h4-8H,1-3H3,(H,14,16)(H,15,17). The van der Waals surface area contributed by atoms with E-state index in [0.29, 0.717) is 17.1 Å². The molecule has 2 unspecified atom stereocenters. The molecule has 1 aliphatic rings. The van der Waals surface area contributed by atoms with Gasteiger partial charge in [0.25, 0.3) is 11.8 Å². The van der Waals surface area contributed by atoms with Gasteiger partial charge in [0, 0.05) is 12.8 Å². The van der Waals surface area contributed by atoms with Gasteiger partial charge in [0.1, 0.15) is 11.9 Å². The first-order chi connectivity index (χ1) is 9.01. The highest BCUT2D eigenvalue weighted by molar-refractivity contribution is 5.99. The monoisotopic (exact) mass is 264 g/mol. The molecule has 1 aliphatic heterocycles. The Labute approximate surface area is 111 Å². The van der Waals surface area contributed by atoms with Crippen molar-refractivity contribution in [3.63, 3.8) is 0 Å². The molecule has 19 heavy (non-hydrogen) atoms. The Hall–Kier alpha value is -2.08. The average Bonchev–Trinajstić information content (AvgIpc) is 2.39. The second-order valence-electron chi connectivity index (χ2n) is 4.33. The summed E-state index contributed by atoms with van der Waals surface area (Å²) in [4.78, 5) is 23.2. The summed E-state index contributed by atoms with van der Waals surface area (Å²) in [5.41, 5.74) is 1.12. The average molecular weight is 264 g/mol. The number of amides is 2. The van der Waals surface area contributed by atoms with Crippen molar-refractivity contribution in [3.05, 3.63) is 18.2 Å². The molecule has 1 aromatic rings. The number of rotatable bonds is 3. The van der Waals surface area contributed by atoms with E-state index in [1.165, 1.54) is 7.11 Å². The van der Waals surface area contributed by atoms with E-state index in [2.05, 4.69) is 10.6 Å². The molecule has 0 aromatic heterocycles. The van der Waals surface area contributed by atoms with E-state index in [1.807, 2.05) is 0 Å². The van der Waals surface area contributed by atoms with Crippen LogP contribution >= 0.6 is 0 Å². The highest BCUT2D eigenvalue weighted by atomic mass is 16.5. The van der Waals surface area contributed by atoms with Crippen molar-refractivity contribution >= 4 is 23.2 Å². The van der Waals surface area contributed by atoms with Crippen molar-refractivity contribution in [2.45, 2.75) is 26.1 Å². The van der Waals surface area contributed by atoms with Crippen LogP contribution in [0, 0.1) is 0 Å². The fourth-order valence-electron chi connectivity index (χ4n) is 1.64. The third-order valence-electron chi connectivity index (χ3n) is 2.90. The molecule has 2 rings (SSSR count). The molecule has 0 aliphatic carbocycles. The quantitative estimate of drug-likeness (QED) is 0.864. The number of hydrogen-bond acceptors (Lipinski definition) is 4. The predicted molar refractivity (Wildman–Crippen MR) is 70.3 cm³/mol. The maximum Gasteiger partial charge on any atom is 0.265 e. The van der Waals surface area contributed by atoms with Gasteiger partial charge in [-0.05, 0) is 32.0 Å². The van der Waals surface area contributed by atoms with E-state index in [9.17, 15) is 9.59 Å². The molecule has 1 heterocycles. The van der Waals surface area contributed by atoms with Gasteiger partial charge in [-0.1, -0.05) is 0 Å². The summed E-state index contributed by atoms with van der Waals surface area (Å²) < 4.78 is 10.3. The number of fused-ring (bicyclic) bond motifs is 1. The van der Waals surface area contributed by atoms with Gasteiger partial charge in [0.05, 0.1) is 5.69 Å². The van der Waals surface area contributed by atoms with Gasteiger partial charge in [0.15, 0.2) is 6.10 Å². The van der Waals surface area contributed by atoms with Gasteiger partial charge in [-0.3, -0.25) is 9.59 Å². The SMILES string of the molecule is COC(C)C(=O)Nc1ccc2c(c1)NC(=O)C(C)O2. The molecule has 2 atom stereocenters. The number of carbonyl (C=O) groups excluding carboxylic acids is 2. The topological polar surface area (TPSA) is 76.7 Å². The van der Waals surface area contributed by atoms with Crippen LogP contribution in [0.5, 0.6) is 5.75 Å². The summed E-state index contributed by atoms with van der Waals surface area (Å²) in [6.07, 6.45) is -1.05. The van der Waals surface area contributed by atoms with Crippen molar-refractivity contribution in [1.29, 1.82) is 0 Å². The van der Waals surface area contributed by atoms with Gasteiger partial charge < -0.3 is 20.1 Å². The second-order valence-corrected chi connectivity index (χ2v) is 4.33. The maximum atomic E-state index is 11.7. The van der Waals surface area contributed by atoms with Crippen LogP contribution in [-0.2, 0) is 14.3 Å². The van der Waals surface area contributed by atoms with Gasteiger partial charge in [-0.25, -0.2) is 0 Å². The zero-order chi connectivity index (χ0) is 14.0. The first-order valence-electron chi connectivity index (χ1n) is 5.96. The fourth-order valence-corrected chi connectivity index (χ4v) is 1.64. The Kier molecular flexibility index (Phi) is 3.71. The van der Waals surface area contributed by atoms with E-state index < -0.39 is 12.2 Å². The van der Waals surface area contributed by atoms with Crippen LogP contribution in [0.25, 0.3) is 0 Å². The van der Waals surface area contributed by atoms with Gasteiger partial charge in [-0.15, -0.1) is 0 Å². The summed E-state index contributed by atoms with van der Waals surface area (Å²) >= 11 is 0. The Balaban J connectivity index is 2.15. The van der Waals surface area contributed by atoms with E-state index in [0.717, 1.165) is 0 Å². The smallest absolute Gasteiger partial charge is 0.265 e. The van der Waals surface area contributed by atoms with Crippen molar-refractivity contribution < 1.29 is 19.1 Å². The first-order valence-corrected chi connectivity index (χ1v) is 5.96. The third kappa shape index (κ3) is 2.85. The Bertz CT molecular complexity index is 515. The molecule has 0 saturated carbocycles. The van der Waals surface area contributed by atoms with Crippen LogP contribution in [0.3, 0.4) is 0 Å². The van der Waals surface area contributed by atoms with Crippen LogP contribution in [0.15, 0.2) is 18.2 Å². The molecule has 6 nitrogen and oxygen atoms in total. The molecule has 6 heteroatoms. The third-order valence-corrected chi connectivity index (χ3v) is 2.90. The van der Waals surface area contributed by atoms with Crippen LogP contribution in [0.4, 0.5) is 11.4 Å². The van der Waals surface area contributed by atoms with Crippen LogP contribution in [0.2, 0.25) is 0 Å². The predicted octanol–water partition coefficient (Wildman–Crippen LogP) is 1.38.